The lowest BCUT2D eigenvalue weighted by atomic mass is 9.94. The highest BCUT2D eigenvalue weighted by atomic mass is 35.5. The maximum atomic E-state index is 12.6. The molecule has 3 rings (SSSR count). The molecule has 0 radical (unpaired) electrons. The molecule has 2 aliphatic rings. The second kappa shape index (κ2) is 9.25. The fraction of sp³-hybridized carbons (Fsp3) is 0.667. The van der Waals surface area contributed by atoms with Crippen molar-refractivity contribution in [3.8, 4) is 0 Å². The van der Waals surface area contributed by atoms with Crippen LogP contribution in [0.25, 0.3) is 0 Å². The summed E-state index contributed by atoms with van der Waals surface area (Å²) >= 11 is 0. The monoisotopic (exact) mass is 361 g/mol. The average molecular weight is 362 g/mol. The maximum Gasteiger partial charge on any atom is 0.226 e. The Morgan fingerprint density at radius 1 is 1.22 bits per heavy atom. The number of rotatable bonds is 3. The van der Waals surface area contributed by atoms with Gasteiger partial charge in [0, 0.05) is 38.3 Å². The van der Waals surface area contributed by atoms with Crippen LogP contribution in [0.15, 0.2) is 18.3 Å². The van der Waals surface area contributed by atoms with Crippen LogP contribution in [0.5, 0.6) is 0 Å². The second-order valence-electron chi connectivity index (χ2n) is 5.93. The van der Waals surface area contributed by atoms with Gasteiger partial charge >= 0.3 is 0 Å². The minimum Gasteiger partial charge on any atom is -0.352 e. The van der Waals surface area contributed by atoms with Gasteiger partial charge in [-0.25, -0.2) is 0 Å². The Balaban J connectivity index is 0.00000132. The first-order chi connectivity index (χ1) is 10.3. The number of aromatic nitrogens is 2. The maximum absolute atomic E-state index is 12.6. The van der Waals surface area contributed by atoms with Gasteiger partial charge in [-0.05, 0) is 37.4 Å². The van der Waals surface area contributed by atoms with Crippen LogP contribution in [-0.4, -0.2) is 53.7 Å². The molecule has 1 aromatic heterocycles. The molecule has 1 aliphatic heterocycles. The van der Waals surface area contributed by atoms with E-state index in [1.807, 2.05) is 17.0 Å². The van der Waals surface area contributed by atoms with E-state index in [0.29, 0.717) is 18.4 Å². The summed E-state index contributed by atoms with van der Waals surface area (Å²) < 4.78 is 0. The van der Waals surface area contributed by atoms with Crippen molar-refractivity contribution in [2.75, 3.05) is 37.6 Å². The normalized spacial score (nSPS) is 23.9. The third-order valence-corrected chi connectivity index (χ3v) is 4.75. The van der Waals surface area contributed by atoms with Crippen molar-refractivity contribution < 1.29 is 4.79 Å². The highest BCUT2D eigenvalue weighted by Crippen LogP contribution is 2.32. The fourth-order valence-corrected chi connectivity index (χ4v) is 3.50. The van der Waals surface area contributed by atoms with E-state index in [1.54, 1.807) is 6.20 Å². The number of hydrogen-bond donors (Lipinski definition) is 1. The van der Waals surface area contributed by atoms with Gasteiger partial charge in [-0.3, -0.25) is 4.79 Å². The molecule has 0 bridgehead atoms. The molecule has 2 fully saturated rings. The molecule has 8 heteroatoms. The molecule has 2 N–H and O–H groups in total. The first-order valence-electron chi connectivity index (χ1n) is 7.81. The van der Waals surface area contributed by atoms with Crippen molar-refractivity contribution in [1.29, 1.82) is 0 Å². The topological polar surface area (TPSA) is 75.4 Å². The van der Waals surface area contributed by atoms with Gasteiger partial charge < -0.3 is 15.5 Å². The van der Waals surface area contributed by atoms with Gasteiger partial charge in [0.05, 0.1) is 0 Å². The Morgan fingerprint density at radius 3 is 2.57 bits per heavy atom. The molecular weight excluding hydrogens is 337 g/mol. The molecule has 0 aromatic carbocycles. The zero-order valence-electron chi connectivity index (χ0n) is 13.1. The molecule has 2 heterocycles. The molecule has 1 amide bonds. The predicted molar refractivity (Wildman–Crippen MR) is 95.2 cm³/mol. The van der Waals surface area contributed by atoms with Crippen molar-refractivity contribution in [3.63, 3.8) is 0 Å². The van der Waals surface area contributed by atoms with E-state index in [0.717, 1.165) is 51.3 Å². The minimum atomic E-state index is 0. The Morgan fingerprint density at radius 2 is 1.96 bits per heavy atom. The molecule has 0 unspecified atom stereocenters. The number of anilines is 1. The molecule has 2 atom stereocenters. The van der Waals surface area contributed by atoms with Crippen molar-refractivity contribution in [2.24, 2.45) is 17.6 Å². The zero-order valence-corrected chi connectivity index (χ0v) is 14.8. The van der Waals surface area contributed by atoms with E-state index in [1.165, 1.54) is 0 Å². The Bertz CT molecular complexity index is 482. The van der Waals surface area contributed by atoms with E-state index < -0.39 is 0 Å². The molecule has 23 heavy (non-hydrogen) atoms. The summed E-state index contributed by atoms with van der Waals surface area (Å²) in [6.07, 6.45) is 4.92. The van der Waals surface area contributed by atoms with Gasteiger partial charge in [0.15, 0.2) is 5.82 Å². The average Bonchev–Trinajstić information content (AvgIpc) is 3.04. The summed E-state index contributed by atoms with van der Waals surface area (Å²) in [7, 11) is 0. The van der Waals surface area contributed by atoms with Crippen molar-refractivity contribution in [1.82, 2.24) is 15.1 Å². The number of nitrogens with zero attached hydrogens (tertiary/aromatic N) is 4. The molecule has 130 valence electrons. The van der Waals surface area contributed by atoms with Gasteiger partial charge in [-0.2, -0.15) is 5.10 Å². The van der Waals surface area contributed by atoms with Crippen LogP contribution < -0.4 is 10.6 Å². The van der Waals surface area contributed by atoms with E-state index in [-0.39, 0.29) is 30.7 Å². The smallest absolute Gasteiger partial charge is 0.226 e. The lowest BCUT2D eigenvalue weighted by molar-refractivity contribution is -0.136. The molecule has 1 aliphatic carbocycles. The van der Waals surface area contributed by atoms with E-state index in [9.17, 15) is 4.79 Å². The minimum absolute atomic E-state index is 0. The Hall–Kier alpha value is -1.11. The van der Waals surface area contributed by atoms with Crippen LogP contribution in [0.2, 0.25) is 0 Å². The van der Waals surface area contributed by atoms with Crippen molar-refractivity contribution in [2.45, 2.75) is 19.3 Å². The molecular formula is C15H25Cl2N5O. The molecule has 1 saturated heterocycles. The quantitative estimate of drug-likeness (QED) is 0.878. The highest BCUT2D eigenvalue weighted by molar-refractivity contribution is 5.85. The first-order valence-corrected chi connectivity index (χ1v) is 7.81. The van der Waals surface area contributed by atoms with Gasteiger partial charge in [-0.1, -0.05) is 6.42 Å². The molecule has 6 nitrogen and oxygen atoms in total. The lowest BCUT2D eigenvalue weighted by Crippen LogP contribution is -2.51. The van der Waals surface area contributed by atoms with E-state index >= 15 is 0 Å². The predicted octanol–water partition coefficient (Wildman–Crippen LogP) is 1.34. The first kappa shape index (κ1) is 19.9. The number of halogens is 2. The van der Waals surface area contributed by atoms with Crippen LogP contribution in [-0.2, 0) is 4.79 Å². The summed E-state index contributed by atoms with van der Waals surface area (Å²) in [5, 5.41) is 8.04. The summed E-state index contributed by atoms with van der Waals surface area (Å²) in [5.74, 6) is 1.74. The van der Waals surface area contributed by atoms with E-state index in [2.05, 4.69) is 15.1 Å². The van der Waals surface area contributed by atoms with Crippen LogP contribution in [0, 0.1) is 11.8 Å². The van der Waals surface area contributed by atoms with Crippen LogP contribution in [0.3, 0.4) is 0 Å². The SMILES string of the molecule is Cl.Cl.NC[C@H]1CCC[C@H]1C(=O)N1CCN(c2cccnn2)CC1. The largest absolute Gasteiger partial charge is 0.352 e. The molecule has 0 spiro atoms. The van der Waals surface area contributed by atoms with Crippen LogP contribution >= 0.6 is 24.8 Å². The third kappa shape index (κ3) is 4.46. The second-order valence-corrected chi connectivity index (χ2v) is 5.93. The number of carbonyl (C=O) groups is 1. The summed E-state index contributed by atoms with van der Waals surface area (Å²) in [6, 6.07) is 3.86. The summed E-state index contributed by atoms with van der Waals surface area (Å²) in [6.45, 7) is 3.82. The standard InChI is InChI=1S/C15H23N5O.2ClH/c16-11-12-3-1-4-13(12)15(21)20-9-7-19(8-10-20)14-5-2-6-17-18-14;;/h2,5-6,12-13H,1,3-4,7-11,16H2;2*1H/t12-,13-;;/m1../s1. The third-order valence-electron chi connectivity index (χ3n) is 4.75. The Labute approximate surface area is 149 Å². The lowest BCUT2D eigenvalue weighted by Gasteiger charge is -2.37. The van der Waals surface area contributed by atoms with Gasteiger partial charge in [0.25, 0.3) is 0 Å². The number of piperazine rings is 1. The summed E-state index contributed by atoms with van der Waals surface area (Å²) in [4.78, 5) is 16.8. The fourth-order valence-electron chi connectivity index (χ4n) is 3.50. The molecule has 1 aromatic rings. The van der Waals surface area contributed by atoms with Crippen molar-refractivity contribution in [3.05, 3.63) is 18.3 Å². The van der Waals surface area contributed by atoms with Crippen molar-refractivity contribution >= 4 is 36.5 Å². The van der Waals surface area contributed by atoms with Crippen LogP contribution in [0.4, 0.5) is 5.82 Å². The van der Waals surface area contributed by atoms with Gasteiger partial charge in [-0.15, -0.1) is 29.9 Å². The van der Waals surface area contributed by atoms with Gasteiger partial charge in [0.1, 0.15) is 0 Å². The van der Waals surface area contributed by atoms with E-state index in [4.69, 9.17) is 5.73 Å². The summed E-state index contributed by atoms with van der Waals surface area (Å²) in [5.41, 5.74) is 5.80. The number of amides is 1. The number of carbonyl (C=O) groups excluding carboxylic acids is 1. The van der Waals surface area contributed by atoms with Gasteiger partial charge in [0.2, 0.25) is 5.91 Å². The number of hydrogen-bond acceptors (Lipinski definition) is 5. The Kier molecular flexibility index (Phi) is 8.02. The zero-order chi connectivity index (χ0) is 14.7. The molecule has 1 saturated carbocycles. The number of nitrogens with two attached hydrogens (primary N) is 1. The van der Waals surface area contributed by atoms with Crippen LogP contribution in [0.1, 0.15) is 19.3 Å². The highest BCUT2D eigenvalue weighted by Gasteiger charge is 2.35.